The number of anilines is 2. The van der Waals surface area contributed by atoms with Gasteiger partial charge in [-0.3, -0.25) is 4.79 Å². The molecule has 5 heteroatoms. The van der Waals surface area contributed by atoms with Crippen LogP contribution in [-0.2, 0) is 11.2 Å². The van der Waals surface area contributed by atoms with E-state index in [1.165, 1.54) is 5.56 Å². The molecule has 2 aromatic carbocycles. The van der Waals surface area contributed by atoms with Crippen molar-refractivity contribution in [2.75, 3.05) is 23.3 Å². The minimum Gasteiger partial charge on any atom is -0.362 e. The number of halogens is 2. The first kappa shape index (κ1) is 15.2. The molecule has 1 N–H and O–H groups in total. The Labute approximate surface area is 139 Å². The number of aryl methyl sites for hydroxylation is 1. The molecule has 1 aliphatic heterocycles. The van der Waals surface area contributed by atoms with E-state index in [0.717, 1.165) is 25.1 Å². The third-order valence-electron chi connectivity index (χ3n) is 3.77. The van der Waals surface area contributed by atoms with Crippen molar-refractivity contribution in [1.82, 2.24) is 0 Å². The van der Waals surface area contributed by atoms with Crippen LogP contribution in [0.1, 0.15) is 12.0 Å². The Bertz CT molecular complexity index is 683. The van der Waals surface area contributed by atoms with Crippen molar-refractivity contribution < 1.29 is 4.79 Å². The summed E-state index contributed by atoms with van der Waals surface area (Å²) >= 11 is 12.2. The lowest BCUT2D eigenvalue weighted by Crippen LogP contribution is -2.36. The maximum atomic E-state index is 12.3. The number of nitrogens with one attached hydrogen (secondary N) is 1. The van der Waals surface area contributed by atoms with Gasteiger partial charge in [0, 0.05) is 12.2 Å². The summed E-state index contributed by atoms with van der Waals surface area (Å²) in [6.07, 6.45) is 2.11. The van der Waals surface area contributed by atoms with Crippen molar-refractivity contribution in [2.24, 2.45) is 0 Å². The van der Waals surface area contributed by atoms with E-state index in [1.807, 2.05) is 12.1 Å². The van der Waals surface area contributed by atoms with Crippen LogP contribution in [0, 0.1) is 0 Å². The lowest BCUT2D eigenvalue weighted by Gasteiger charge is -2.30. The summed E-state index contributed by atoms with van der Waals surface area (Å²) < 4.78 is 0. The van der Waals surface area contributed by atoms with Crippen LogP contribution in [0.15, 0.2) is 42.5 Å². The van der Waals surface area contributed by atoms with E-state index >= 15 is 0 Å². The molecule has 114 valence electrons. The molecule has 22 heavy (non-hydrogen) atoms. The molecule has 0 bridgehead atoms. The number of para-hydroxylation sites is 2. The van der Waals surface area contributed by atoms with Crippen LogP contribution in [0.3, 0.4) is 0 Å². The Hall–Kier alpha value is -1.71. The summed E-state index contributed by atoms with van der Waals surface area (Å²) in [5.74, 6) is -0.119. The first-order valence-electron chi connectivity index (χ1n) is 7.22. The highest BCUT2D eigenvalue weighted by Gasteiger charge is 2.19. The van der Waals surface area contributed by atoms with E-state index in [-0.39, 0.29) is 5.91 Å². The number of carbonyl (C=O) groups excluding carboxylic acids is 1. The fourth-order valence-electron chi connectivity index (χ4n) is 2.75. The number of carbonyl (C=O) groups is 1. The van der Waals surface area contributed by atoms with Gasteiger partial charge < -0.3 is 10.2 Å². The third-order valence-corrected chi connectivity index (χ3v) is 4.40. The second kappa shape index (κ2) is 6.59. The Morgan fingerprint density at radius 1 is 1.09 bits per heavy atom. The quantitative estimate of drug-likeness (QED) is 0.902. The first-order chi connectivity index (χ1) is 10.6. The van der Waals surface area contributed by atoms with Crippen molar-refractivity contribution in [1.29, 1.82) is 0 Å². The summed E-state index contributed by atoms with van der Waals surface area (Å²) in [7, 11) is 0. The van der Waals surface area contributed by atoms with Crippen LogP contribution in [0.5, 0.6) is 0 Å². The van der Waals surface area contributed by atoms with Crippen molar-refractivity contribution in [3.8, 4) is 0 Å². The second-order valence-electron chi connectivity index (χ2n) is 5.30. The fourth-order valence-corrected chi connectivity index (χ4v) is 3.24. The minimum absolute atomic E-state index is 0.119. The highest BCUT2D eigenvalue weighted by Crippen LogP contribution is 2.30. The fraction of sp³-hybridized carbons (Fsp3) is 0.235. The molecule has 2 aromatic rings. The zero-order valence-corrected chi connectivity index (χ0v) is 13.5. The highest BCUT2D eigenvalue weighted by atomic mass is 35.5. The Morgan fingerprint density at radius 3 is 2.59 bits per heavy atom. The lowest BCUT2D eigenvalue weighted by molar-refractivity contribution is -0.115. The van der Waals surface area contributed by atoms with Crippen molar-refractivity contribution in [3.05, 3.63) is 58.1 Å². The zero-order valence-electron chi connectivity index (χ0n) is 12.0. The average Bonchev–Trinajstić information content (AvgIpc) is 2.51. The molecule has 0 fully saturated rings. The summed E-state index contributed by atoms with van der Waals surface area (Å²) in [6, 6.07) is 13.4. The van der Waals surface area contributed by atoms with Crippen LogP contribution < -0.4 is 10.2 Å². The van der Waals surface area contributed by atoms with E-state index in [9.17, 15) is 4.79 Å². The molecule has 0 aromatic heterocycles. The molecular formula is C17H16Cl2N2O. The van der Waals surface area contributed by atoms with E-state index in [4.69, 9.17) is 23.2 Å². The number of nitrogens with zero attached hydrogens (tertiary/aromatic N) is 1. The third kappa shape index (κ3) is 3.21. The molecule has 0 saturated carbocycles. The molecule has 3 nitrogen and oxygen atoms in total. The minimum atomic E-state index is -0.119. The van der Waals surface area contributed by atoms with Gasteiger partial charge in [-0.05, 0) is 36.6 Å². The van der Waals surface area contributed by atoms with Gasteiger partial charge in [-0.2, -0.15) is 0 Å². The topological polar surface area (TPSA) is 32.3 Å². The molecule has 0 radical (unpaired) electrons. The number of amides is 1. The van der Waals surface area contributed by atoms with Crippen LogP contribution in [0.4, 0.5) is 11.4 Å². The lowest BCUT2D eigenvalue weighted by atomic mass is 10.0. The largest absolute Gasteiger partial charge is 0.362 e. The van der Waals surface area contributed by atoms with Gasteiger partial charge in [-0.15, -0.1) is 0 Å². The Kier molecular flexibility index (Phi) is 4.55. The van der Waals surface area contributed by atoms with Crippen LogP contribution in [0.25, 0.3) is 0 Å². The van der Waals surface area contributed by atoms with E-state index in [1.54, 1.807) is 18.2 Å². The molecule has 1 amide bonds. The van der Waals surface area contributed by atoms with Crippen molar-refractivity contribution in [3.63, 3.8) is 0 Å². The van der Waals surface area contributed by atoms with E-state index < -0.39 is 0 Å². The van der Waals surface area contributed by atoms with E-state index in [0.29, 0.717) is 22.3 Å². The molecular weight excluding hydrogens is 319 g/mol. The Balaban J connectivity index is 1.73. The van der Waals surface area contributed by atoms with Gasteiger partial charge in [-0.25, -0.2) is 0 Å². The molecule has 0 aliphatic carbocycles. The summed E-state index contributed by atoms with van der Waals surface area (Å²) in [4.78, 5) is 14.4. The normalized spacial score (nSPS) is 13.6. The van der Waals surface area contributed by atoms with Gasteiger partial charge in [-0.1, -0.05) is 47.5 Å². The number of fused-ring (bicyclic) bond motifs is 1. The SMILES string of the molecule is O=C(CN1CCCc2ccccc21)Nc1c(Cl)cccc1Cl. The van der Waals surface area contributed by atoms with Crippen LogP contribution >= 0.6 is 23.2 Å². The van der Waals surface area contributed by atoms with Crippen molar-refractivity contribution in [2.45, 2.75) is 12.8 Å². The zero-order chi connectivity index (χ0) is 15.5. The van der Waals surface area contributed by atoms with Gasteiger partial charge in [0.05, 0.1) is 22.3 Å². The predicted octanol–water partition coefficient (Wildman–Crippen LogP) is 4.38. The average molecular weight is 335 g/mol. The number of hydrogen-bond acceptors (Lipinski definition) is 2. The number of rotatable bonds is 3. The summed E-state index contributed by atoms with van der Waals surface area (Å²) in [5.41, 5.74) is 2.90. The van der Waals surface area contributed by atoms with Crippen molar-refractivity contribution >= 4 is 40.5 Å². The first-order valence-corrected chi connectivity index (χ1v) is 7.97. The smallest absolute Gasteiger partial charge is 0.243 e. The Morgan fingerprint density at radius 2 is 1.82 bits per heavy atom. The maximum Gasteiger partial charge on any atom is 0.243 e. The van der Waals surface area contributed by atoms with E-state index in [2.05, 4.69) is 22.3 Å². The van der Waals surface area contributed by atoms with Gasteiger partial charge >= 0.3 is 0 Å². The van der Waals surface area contributed by atoms with Gasteiger partial charge in [0.15, 0.2) is 0 Å². The highest BCUT2D eigenvalue weighted by molar-refractivity contribution is 6.39. The van der Waals surface area contributed by atoms with Gasteiger partial charge in [0.2, 0.25) is 5.91 Å². The number of hydrogen-bond donors (Lipinski definition) is 1. The molecule has 1 heterocycles. The molecule has 0 atom stereocenters. The summed E-state index contributed by atoms with van der Waals surface area (Å²) in [5, 5.41) is 3.70. The summed E-state index contributed by atoms with van der Waals surface area (Å²) in [6.45, 7) is 1.17. The van der Waals surface area contributed by atoms with Crippen LogP contribution in [0.2, 0.25) is 10.0 Å². The molecule has 1 aliphatic rings. The molecule has 3 rings (SSSR count). The molecule has 0 unspecified atom stereocenters. The van der Waals surface area contributed by atoms with Gasteiger partial charge in [0.25, 0.3) is 0 Å². The predicted molar refractivity (Wildman–Crippen MR) is 92.1 cm³/mol. The second-order valence-corrected chi connectivity index (χ2v) is 6.11. The standard InChI is InChI=1S/C17H16Cl2N2O/c18-13-7-3-8-14(19)17(13)20-16(22)11-21-10-4-6-12-5-1-2-9-15(12)21/h1-3,5,7-9H,4,6,10-11H2,(H,20,22). The number of benzene rings is 2. The monoisotopic (exact) mass is 334 g/mol. The van der Waals surface area contributed by atoms with Gasteiger partial charge in [0.1, 0.15) is 0 Å². The molecule has 0 saturated heterocycles. The maximum absolute atomic E-state index is 12.3. The van der Waals surface area contributed by atoms with Crippen LogP contribution in [-0.4, -0.2) is 19.0 Å². The molecule has 0 spiro atoms.